The summed E-state index contributed by atoms with van der Waals surface area (Å²) in [6.07, 6.45) is 0. The van der Waals surface area contributed by atoms with Crippen LogP contribution in [0.4, 0.5) is 0 Å². The topological polar surface area (TPSA) is 69.6 Å². The van der Waals surface area contributed by atoms with E-state index in [1.165, 1.54) is 11.3 Å². The minimum Gasteiger partial charge on any atom is -0.480 e. The van der Waals surface area contributed by atoms with Crippen LogP contribution in [0.15, 0.2) is 11.4 Å². The summed E-state index contributed by atoms with van der Waals surface area (Å²) in [5.41, 5.74) is 0.949. The summed E-state index contributed by atoms with van der Waals surface area (Å²) in [5.74, 6) is -0.976. The van der Waals surface area contributed by atoms with Crippen molar-refractivity contribution in [3.05, 3.63) is 21.9 Å². The monoisotopic (exact) mass is 254 g/mol. The number of rotatable bonds is 2. The third-order valence-electron chi connectivity index (χ3n) is 2.82. The summed E-state index contributed by atoms with van der Waals surface area (Å²) in [7, 11) is 0. The number of piperazine rings is 1. The minimum atomic E-state index is -0.912. The van der Waals surface area contributed by atoms with E-state index in [1.807, 2.05) is 18.4 Å². The van der Waals surface area contributed by atoms with Gasteiger partial charge in [0.05, 0.1) is 4.88 Å². The molecule has 1 atom stereocenters. The number of amides is 1. The molecule has 0 aromatic carbocycles. The summed E-state index contributed by atoms with van der Waals surface area (Å²) >= 11 is 1.40. The third kappa shape index (κ3) is 2.48. The van der Waals surface area contributed by atoms with E-state index >= 15 is 0 Å². The Balaban J connectivity index is 2.10. The highest BCUT2D eigenvalue weighted by atomic mass is 32.1. The summed E-state index contributed by atoms with van der Waals surface area (Å²) in [6, 6.07) is 1.24. The second-order valence-electron chi connectivity index (χ2n) is 4.03. The Morgan fingerprint density at radius 2 is 2.35 bits per heavy atom. The third-order valence-corrected chi connectivity index (χ3v) is 3.82. The number of carbonyl (C=O) groups is 2. The van der Waals surface area contributed by atoms with Crippen molar-refractivity contribution in [2.24, 2.45) is 0 Å². The molecule has 1 amide bonds. The lowest BCUT2D eigenvalue weighted by Gasteiger charge is -2.31. The van der Waals surface area contributed by atoms with Crippen LogP contribution in [0.1, 0.15) is 15.2 Å². The van der Waals surface area contributed by atoms with Crippen LogP contribution in [-0.2, 0) is 4.79 Å². The van der Waals surface area contributed by atoms with Gasteiger partial charge >= 0.3 is 5.97 Å². The lowest BCUT2D eigenvalue weighted by atomic mass is 10.2. The number of hydrogen-bond donors (Lipinski definition) is 2. The highest BCUT2D eigenvalue weighted by Gasteiger charge is 2.29. The van der Waals surface area contributed by atoms with Gasteiger partial charge in [-0.3, -0.25) is 9.59 Å². The quantitative estimate of drug-likeness (QED) is 0.809. The van der Waals surface area contributed by atoms with E-state index in [0.717, 1.165) is 5.56 Å². The standard InChI is InChI=1S/C11H14N2O3S/c1-7-2-5-17-9(7)10(14)13-4-3-12-8(6-13)11(15)16/h2,5,8,12H,3-4,6H2,1H3,(H,15,16)/t8-/m0/s1. The van der Waals surface area contributed by atoms with Crippen LogP contribution in [0.2, 0.25) is 0 Å². The molecule has 2 heterocycles. The average Bonchev–Trinajstić information content (AvgIpc) is 2.74. The Hall–Kier alpha value is -1.40. The van der Waals surface area contributed by atoms with Gasteiger partial charge in [-0.15, -0.1) is 11.3 Å². The van der Waals surface area contributed by atoms with Crippen LogP contribution in [0, 0.1) is 6.92 Å². The Morgan fingerprint density at radius 1 is 1.59 bits per heavy atom. The maximum atomic E-state index is 12.2. The molecule has 0 unspecified atom stereocenters. The molecule has 92 valence electrons. The largest absolute Gasteiger partial charge is 0.480 e. The van der Waals surface area contributed by atoms with Gasteiger partial charge in [0, 0.05) is 19.6 Å². The fourth-order valence-electron chi connectivity index (χ4n) is 1.84. The van der Waals surface area contributed by atoms with Crippen LogP contribution >= 0.6 is 11.3 Å². The molecule has 0 saturated carbocycles. The molecular weight excluding hydrogens is 240 g/mol. The molecule has 1 saturated heterocycles. The van der Waals surface area contributed by atoms with Gasteiger partial charge < -0.3 is 15.3 Å². The Kier molecular flexibility index (Phi) is 3.44. The maximum Gasteiger partial charge on any atom is 0.322 e. The second-order valence-corrected chi connectivity index (χ2v) is 4.94. The van der Waals surface area contributed by atoms with Gasteiger partial charge in [0.2, 0.25) is 0 Å². The fraction of sp³-hybridized carbons (Fsp3) is 0.455. The molecule has 1 aliphatic rings. The van der Waals surface area contributed by atoms with Gasteiger partial charge in [-0.2, -0.15) is 0 Å². The van der Waals surface area contributed by atoms with Crippen LogP contribution in [0.5, 0.6) is 0 Å². The predicted molar refractivity (Wildman–Crippen MR) is 64.4 cm³/mol. The van der Waals surface area contributed by atoms with Gasteiger partial charge in [0.1, 0.15) is 6.04 Å². The number of aryl methyl sites for hydroxylation is 1. The van der Waals surface area contributed by atoms with Gasteiger partial charge in [0.15, 0.2) is 0 Å². The van der Waals surface area contributed by atoms with E-state index < -0.39 is 12.0 Å². The molecule has 1 aromatic heterocycles. The van der Waals surface area contributed by atoms with Gasteiger partial charge in [0.25, 0.3) is 5.91 Å². The molecule has 1 aromatic rings. The lowest BCUT2D eigenvalue weighted by molar-refractivity contribution is -0.140. The van der Waals surface area contributed by atoms with Crippen LogP contribution in [-0.4, -0.2) is 47.6 Å². The zero-order valence-corrected chi connectivity index (χ0v) is 10.3. The molecule has 0 aliphatic carbocycles. The van der Waals surface area contributed by atoms with Crippen molar-refractivity contribution in [2.75, 3.05) is 19.6 Å². The SMILES string of the molecule is Cc1ccsc1C(=O)N1CCN[C@H](C(=O)O)C1. The summed E-state index contributed by atoms with van der Waals surface area (Å²) in [6.45, 7) is 3.19. The molecule has 17 heavy (non-hydrogen) atoms. The first-order chi connectivity index (χ1) is 8.09. The predicted octanol–water partition coefficient (Wildman–Crippen LogP) is 0.555. The number of nitrogens with one attached hydrogen (secondary N) is 1. The Bertz CT molecular complexity index is 444. The smallest absolute Gasteiger partial charge is 0.322 e. The molecule has 0 bridgehead atoms. The Labute approximate surface area is 103 Å². The minimum absolute atomic E-state index is 0.0646. The van der Waals surface area contributed by atoms with E-state index in [0.29, 0.717) is 18.0 Å². The first-order valence-corrected chi connectivity index (χ1v) is 6.27. The fourth-order valence-corrected chi connectivity index (χ4v) is 2.73. The zero-order chi connectivity index (χ0) is 12.4. The van der Waals surface area contributed by atoms with E-state index in [2.05, 4.69) is 5.32 Å². The number of carboxylic acids is 1. The van der Waals surface area contributed by atoms with Crippen LogP contribution in [0.25, 0.3) is 0 Å². The molecule has 0 spiro atoms. The summed E-state index contributed by atoms with van der Waals surface area (Å²) in [5, 5.41) is 13.7. The van der Waals surface area contributed by atoms with Crippen molar-refractivity contribution in [2.45, 2.75) is 13.0 Å². The first-order valence-electron chi connectivity index (χ1n) is 5.39. The lowest BCUT2D eigenvalue weighted by Crippen LogP contribution is -2.55. The first kappa shape index (κ1) is 12.1. The molecule has 2 rings (SSSR count). The molecule has 6 heteroatoms. The van der Waals surface area contributed by atoms with Gasteiger partial charge in [-0.1, -0.05) is 0 Å². The Morgan fingerprint density at radius 3 is 2.94 bits per heavy atom. The van der Waals surface area contributed by atoms with E-state index in [1.54, 1.807) is 4.90 Å². The van der Waals surface area contributed by atoms with E-state index in [4.69, 9.17) is 5.11 Å². The highest BCUT2D eigenvalue weighted by molar-refractivity contribution is 7.12. The van der Waals surface area contributed by atoms with Crippen LogP contribution < -0.4 is 5.32 Å². The number of hydrogen-bond acceptors (Lipinski definition) is 4. The number of carboxylic acid groups (broad SMARTS) is 1. The zero-order valence-electron chi connectivity index (χ0n) is 9.47. The second kappa shape index (κ2) is 4.85. The molecule has 5 nitrogen and oxygen atoms in total. The van der Waals surface area contributed by atoms with Crippen molar-refractivity contribution in [1.29, 1.82) is 0 Å². The van der Waals surface area contributed by atoms with Crippen molar-refractivity contribution < 1.29 is 14.7 Å². The molecular formula is C11H14N2O3S. The van der Waals surface area contributed by atoms with Crippen molar-refractivity contribution in [3.8, 4) is 0 Å². The average molecular weight is 254 g/mol. The maximum absolute atomic E-state index is 12.2. The number of thiophene rings is 1. The highest BCUT2D eigenvalue weighted by Crippen LogP contribution is 2.18. The van der Waals surface area contributed by atoms with Gasteiger partial charge in [-0.25, -0.2) is 0 Å². The van der Waals surface area contributed by atoms with Crippen molar-refractivity contribution in [1.82, 2.24) is 10.2 Å². The molecule has 0 radical (unpaired) electrons. The normalized spacial score (nSPS) is 20.3. The molecule has 1 fully saturated rings. The van der Waals surface area contributed by atoms with Crippen molar-refractivity contribution >= 4 is 23.2 Å². The van der Waals surface area contributed by atoms with Crippen LogP contribution in [0.3, 0.4) is 0 Å². The van der Waals surface area contributed by atoms with E-state index in [-0.39, 0.29) is 12.5 Å². The summed E-state index contributed by atoms with van der Waals surface area (Å²) < 4.78 is 0. The van der Waals surface area contributed by atoms with Gasteiger partial charge in [-0.05, 0) is 23.9 Å². The number of aliphatic carboxylic acids is 1. The molecule has 1 aliphatic heterocycles. The number of carbonyl (C=O) groups excluding carboxylic acids is 1. The van der Waals surface area contributed by atoms with Crippen molar-refractivity contribution in [3.63, 3.8) is 0 Å². The number of nitrogens with zero attached hydrogens (tertiary/aromatic N) is 1. The van der Waals surface area contributed by atoms with E-state index in [9.17, 15) is 9.59 Å². The summed E-state index contributed by atoms with van der Waals surface area (Å²) in [4.78, 5) is 25.4. The molecule has 2 N–H and O–H groups in total.